The highest BCUT2D eigenvalue weighted by molar-refractivity contribution is 9.10. The van der Waals surface area contributed by atoms with Gasteiger partial charge in [-0.05, 0) is 52.3 Å². The molecule has 0 bridgehead atoms. The molecular weight excluding hydrogens is 339 g/mol. The maximum absolute atomic E-state index is 11.9. The third-order valence-corrected chi connectivity index (χ3v) is 3.14. The number of aromatic nitrogens is 1. The molecule has 0 aliphatic carbocycles. The summed E-state index contributed by atoms with van der Waals surface area (Å²) in [4.78, 5) is 15.9. The Bertz CT molecular complexity index is 587. The van der Waals surface area contributed by atoms with E-state index in [2.05, 4.69) is 26.2 Å². The zero-order valence-electron chi connectivity index (χ0n) is 8.95. The van der Waals surface area contributed by atoms with Gasteiger partial charge in [0.05, 0.1) is 5.56 Å². The molecule has 0 fully saturated rings. The standard InChI is InChI=1S/C12H7BrCl2N2O/c13-10-6-5-9(11(15)17-10)12(18)16-8-3-1-7(14)2-4-8/h1-6H,(H,16,18). The quantitative estimate of drug-likeness (QED) is 0.819. The zero-order chi connectivity index (χ0) is 13.1. The zero-order valence-corrected chi connectivity index (χ0v) is 12.1. The highest BCUT2D eigenvalue weighted by Crippen LogP contribution is 2.19. The van der Waals surface area contributed by atoms with Gasteiger partial charge in [-0.15, -0.1) is 0 Å². The summed E-state index contributed by atoms with van der Waals surface area (Å²) < 4.78 is 0.579. The average Bonchev–Trinajstić information content (AvgIpc) is 2.32. The molecule has 1 N–H and O–H groups in total. The number of nitrogens with zero attached hydrogens (tertiary/aromatic N) is 1. The van der Waals surface area contributed by atoms with Crippen molar-refractivity contribution in [1.29, 1.82) is 0 Å². The van der Waals surface area contributed by atoms with E-state index in [1.54, 1.807) is 36.4 Å². The molecule has 6 heteroatoms. The summed E-state index contributed by atoms with van der Waals surface area (Å²) in [6.07, 6.45) is 0. The predicted molar refractivity (Wildman–Crippen MR) is 76.4 cm³/mol. The summed E-state index contributed by atoms with van der Waals surface area (Å²) in [6, 6.07) is 10.1. The molecule has 1 aromatic carbocycles. The summed E-state index contributed by atoms with van der Waals surface area (Å²) in [7, 11) is 0. The molecule has 0 spiro atoms. The van der Waals surface area contributed by atoms with Gasteiger partial charge in [-0.2, -0.15) is 0 Å². The van der Waals surface area contributed by atoms with E-state index in [1.165, 1.54) is 0 Å². The Morgan fingerprint density at radius 1 is 1.11 bits per heavy atom. The van der Waals surface area contributed by atoms with Gasteiger partial charge in [0.15, 0.2) is 0 Å². The Morgan fingerprint density at radius 3 is 2.39 bits per heavy atom. The summed E-state index contributed by atoms with van der Waals surface area (Å²) in [5, 5.41) is 3.47. The number of carbonyl (C=O) groups excluding carboxylic acids is 1. The lowest BCUT2D eigenvalue weighted by atomic mass is 10.2. The monoisotopic (exact) mass is 344 g/mol. The van der Waals surface area contributed by atoms with Crippen molar-refractivity contribution < 1.29 is 4.79 Å². The Balaban J connectivity index is 2.19. The molecule has 0 unspecified atom stereocenters. The third kappa shape index (κ3) is 3.22. The fourth-order valence-corrected chi connectivity index (χ4v) is 2.09. The SMILES string of the molecule is O=C(Nc1ccc(Cl)cc1)c1ccc(Br)nc1Cl. The first-order chi connectivity index (χ1) is 8.56. The molecule has 3 nitrogen and oxygen atoms in total. The van der Waals surface area contributed by atoms with Crippen LogP contribution < -0.4 is 5.32 Å². The van der Waals surface area contributed by atoms with Crippen LogP contribution in [0.3, 0.4) is 0 Å². The number of pyridine rings is 1. The minimum atomic E-state index is -0.317. The molecule has 0 radical (unpaired) electrons. The van der Waals surface area contributed by atoms with Gasteiger partial charge in [0.25, 0.3) is 5.91 Å². The first kappa shape index (κ1) is 13.3. The maximum Gasteiger partial charge on any atom is 0.258 e. The van der Waals surface area contributed by atoms with E-state index in [4.69, 9.17) is 23.2 Å². The van der Waals surface area contributed by atoms with Crippen molar-refractivity contribution in [1.82, 2.24) is 4.98 Å². The summed E-state index contributed by atoms with van der Waals surface area (Å²) >= 11 is 14.8. The normalized spacial score (nSPS) is 10.2. The van der Waals surface area contributed by atoms with Crippen LogP contribution in [0.2, 0.25) is 10.2 Å². The summed E-state index contributed by atoms with van der Waals surface area (Å²) in [5.41, 5.74) is 0.957. The fourth-order valence-electron chi connectivity index (χ4n) is 1.31. The van der Waals surface area contributed by atoms with Crippen molar-refractivity contribution in [3.63, 3.8) is 0 Å². The molecule has 1 heterocycles. The number of amides is 1. The fraction of sp³-hybridized carbons (Fsp3) is 0. The second kappa shape index (κ2) is 5.69. The number of anilines is 1. The number of carbonyl (C=O) groups is 1. The molecule has 2 rings (SSSR count). The van der Waals surface area contributed by atoms with Gasteiger partial charge >= 0.3 is 0 Å². The molecular formula is C12H7BrCl2N2O. The van der Waals surface area contributed by atoms with Gasteiger partial charge in [-0.1, -0.05) is 23.2 Å². The first-order valence-electron chi connectivity index (χ1n) is 4.95. The average molecular weight is 346 g/mol. The number of hydrogen-bond acceptors (Lipinski definition) is 2. The lowest BCUT2D eigenvalue weighted by molar-refractivity contribution is 0.102. The molecule has 0 atom stereocenters. The number of hydrogen-bond donors (Lipinski definition) is 1. The van der Waals surface area contributed by atoms with E-state index in [1.807, 2.05) is 0 Å². The minimum Gasteiger partial charge on any atom is -0.322 e. The van der Waals surface area contributed by atoms with Crippen LogP contribution >= 0.6 is 39.1 Å². The largest absolute Gasteiger partial charge is 0.322 e. The molecule has 18 heavy (non-hydrogen) atoms. The highest BCUT2D eigenvalue weighted by atomic mass is 79.9. The molecule has 2 aromatic rings. The van der Waals surface area contributed by atoms with Crippen LogP contribution in [0, 0.1) is 0 Å². The summed E-state index contributed by atoms with van der Waals surface area (Å²) in [5.74, 6) is -0.317. The second-order valence-corrected chi connectivity index (χ2v) is 5.04. The summed E-state index contributed by atoms with van der Waals surface area (Å²) in [6.45, 7) is 0. The van der Waals surface area contributed by atoms with Crippen molar-refractivity contribution >= 4 is 50.7 Å². The Hall–Kier alpha value is -1.10. The van der Waals surface area contributed by atoms with E-state index in [0.29, 0.717) is 20.9 Å². The lowest BCUT2D eigenvalue weighted by Crippen LogP contribution is -2.12. The van der Waals surface area contributed by atoms with Crippen molar-refractivity contribution in [2.75, 3.05) is 5.32 Å². The van der Waals surface area contributed by atoms with Crippen LogP contribution in [-0.4, -0.2) is 10.9 Å². The predicted octanol–water partition coefficient (Wildman–Crippen LogP) is 4.40. The van der Waals surface area contributed by atoms with Crippen molar-refractivity contribution in [3.05, 3.63) is 56.7 Å². The smallest absolute Gasteiger partial charge is 0.258 e. The Morgan fingerprint density at radius 2 is 1.78 bits per heavy atom. The van der Waals surface area contributed by atoms with Crippen molar-refractivity contribution in [3.8, 4) is 0 Å². The first-order valence-corrected chi connectivity index (χ1v) is 6.50. The number of halogens is 3. The van der Waals surface area contributed by atoms with E-state index in [-0.39, 0.29) is 11.1 Å². The topological polar surface area (TPSA) is 42.0 Å². The molecule has 0 aliphatic rings. The van der Waals surface area contributed by atoms with Gasteiger partial charge in [0.2, 0.25) is 0 Å². The van der Waals surface area contributed by atoms with Gasteiger partial charge in [0.1, 0.15) is 9.76 Å². The highest BCUT2D eigenvalue weighted by Gasteiger charge is 2.11. The lowest BCUT2D eigenvalue weighted by Gasteiger charge is -2.06. The van der Waals surface area contributed by atoms with E-state index >= 15 is 0 Å². The van der Waals surface area contributed by atoms with E-state index < -0.39 is 0 Å². The van der Waals surface area contributed by atoms with Crippen molar-refractivity contribution in [2.24, 2.45) is 0 Å². The molecule has 0 saturated heterocycles. The van der Waals surface area contributed by atoms with E-state index in [9.17, 15) is 4.79 Å². The number of nitrogens with one attached hydrogen (secondary N) is 1. The maximum atomic E-state index is 11.9. The van der Waals surface area contributed by atoms with Crippen LogP contribution in [-0.2, 0) is 0 Å². The van der Waals surface area contributed by atoms with Gasteiger partial charge in [-0.25, -0.2) is 4.98 Å². The third-order valence-electron chi connectivity index (χ3n) is 2.16. The minimum absolute atomic E-state index is 0.149. The Kier molecular flexibility index (Phi) is 4.22. The van der Waals surface area contributed by atoms with Crippen LogP contribution in [0.25, 0.3) is 0 Å². The van der Waals surface area contributed by atoms with Crippen molar-refractivity contribution in [2.45, 2.75) is 0 Å². The van der Waals surface area contributed by atoms with Crippen LogP contribution in [0.5, 0.6) is 0 Å². The van der Waals surface area contributed by atoms with Gasteiger partial charge in [0, 0.05) is 10.7 Å². The van der Waals surface area contributed by atoms with Gasteiger partial charge in [-0.3, -0.25) is 4.79 Å². The molecule has 1 aromatic heterocycles. The Labute approximate surface area is 122 Å². The molecule has 92 valence electrons. The molecule has 0 saturated carbocycles. The van der Waals surface area contributed by atoms with Crippen LogP contribution in [0.1, 0.15) is 10.4 Å². The second-order valence-electron chi connectivity index (χ2n) is 3.43. The number of benzene rings is 1. The van der Waals surface area contributed by atoms with Crippen LogP contribution in [0.4, 0.5) is 5.69 Å². The molecule has 0 aliphatic heterocycles. The number of rotatable bonds is 2. The molecule has 1 amide bonds. The van der Waals surface area contributed by atoms with E-state index in [0.717, 1.165) is 0 Å². The van der Waals surface area contributed by atoms with Gasteiger partial charge < -0.3 is 5.32 Å². The van der Waals surface area contributed by atoms with Crippen LogP contribution in [0.15, 0.2) is 41.0 Å².